The second-order valence-corrected chi connectivity index (χ2v) is 6.93. The van der Waals surface area contributed by atoms with E-state index in [1.54, 1.807) is 0 Å². The predicted octanol–water partition coefficient (Wildman–Crippen LogP) is 5.24. The first-order valence-corrected chi connectivity index (χ1v) is 9.03. The third kappa shape index (κ3) is 2.48. The van der Waals surface area contributed by atoms with Crippen LogP contribution < -0.4 is 4.74 Å². The average molecular weight is 340 g/mol. The second-order valence-electron chi connectivity index (χ2n) is 6.93. The van der Waals surface area contributed by atoms with Gasteiger partial charge in [0, 0.05) is 17.5 Å². The molecule has 128 valence electrons. The first kappa shape index (κ1) is 15.2. The van der Waals surface area contributed by atoms with Crippen molar-refractivity contribution in [2.75, 3.05) is 0 Å². The van der Waals surface area contributed by atoms with E-state index in [4.69, 9.17) is 9.84 Å². The summed E-state index contributed by atoms with van der Waals surface area (Å²) < 4.78 is 6.37. The zero-order valence-electron chi connectivity index (χ0n) is 14.7. The van der Waals surface area contributed by atoms with Crippen molar-refractivity contribution >= 4 is 5.71 Å². The topological polar surface area (TPSA) is 24.8 Å². The number of benzene rings is 3. The van der Waals surface area contributed by atoms with Crippen molar-refractivity contribution in [2.24, 2.45) is 5.10 Å². The molecule has 2 atom stereocenters. The summed E-state index contributed by atoms with van der Waals surface area (Å²) in [5, 5.41) is 7.12. The van der Waals surface area contributed by atoms with Crippen LogP contribution in [-0.4, -0.2) is 10.7 Å². The third-order valence-corrected chi connectivity index (χ3v) is 5.17. The van der Waals surface area contributed by atoms with Crippen molar-refractivity contribution in [3.63, 3.8) is 0 Å². The zero-order chi connectivity index (χ0) is 17.5. The maximum absolute atomic E-state index is 6.37. The van der Waals surface area contributed by atoms with E-state index in [0.29, 0.717) is 0 Å². The molecule has 0 amide bonds. The lowest BCUT2D eigenvalue weighted by Gasteiger charge is -2.38. The van der Waals surface area contributed by atoms with Crippen molar-refractivity contribution in [3.05, 3.63) is 101 Å². The summed E-state index contributed by atoms with van der Waals surface area (Å²) in [6.07, 6.45) is 0.698. The first-order valence-electron chi connectivity index (χ1n) is 9.03. The van der Waals surface area contributed by atoms with Gasteiger partial charge in [0.2, 0.25) is 6.23 Å². The minimum atomic E-state index is -0.197. The van der Waals surface area contributed by atoms with E-state index in [-0.39, 0.29) is 12.3 Å². The van der Waals surface area contributed by atoms with Crippen LogP contribution in [0.2, 0.25) is 0 Å². The Balaban J connectivity index is 1.60. The highest BCUT2D eigenvalue weighted by Gasteiger charge is 2.40. The highest BCUT2D eigenvalue weighted by atomic mass is 16.5. The molecule has 0 saturated carbocycles. The molecule has 26 heavy (non-hydrogen) atoms. The van der Waals surface area contributed by atoms with Gasteiger partial charge in [-0.25, -0.2) is 5.01 Å². The van der Waals surface area contributed by atoms with Crippen LogP contribution in [0.25, 0.3) is 0 Å². The zero-order valence-corrected chi connectivity index (χ0v) is 14.7. The first-order chi connectivity index (χ1) is 12.8. The van der Waals surface area contributed by atoms with Crippen LogP contribution in [0, 0.1) is 6.92 Å². The van der Waals surface area contributed by atoms with Gasteiger partial charge >= 0.3 is 0 Å². The van der Waals surface area contributed by atoms with Crippen LogP contribution in [0.15, 0.2) is 84.0 Å². The highest BCUT2D eigenvalue weighted by molar-refractivity contribution is 6.01. The molecule has 5 rings (SSSR count). The molecule has 3 aromatic rings. The number of hydrogen-bond donors (Lipinski definition) is 0. The summed E-state index contributed by atoms with van der Waals surface area (Å²) in [7, 11) is 0. The maximum atomic E-state index is 6.37. The van der Waals surface area contributed by atoms with E-state index in [0.717, 1.165) is 23.4 Å². The van der Waals surface area contributed by atoms with Gasteiger partial charge in [-0.15, -0.1) is 0 Å². The quantitative estimate of drug-likeness (QED) is 0.637. The van der Waals surface area contributed by atoms with Gasteiger partial charge in [-0.2, -0.15) is 5.10 Å². The summed E-state index contributed by atoms with van der Waals surface area (Å²) >= 11 is 0. The number of para-hydroxylation sites is 1. The van der Waals surface area contributed by atoms with Crippen LogP contribution in [0.1, 0.15) is 40.9 Å². The molecular formula is C23H20N2O. The van der Waals surface area contributed by atoms with Crippen LogP contribution in [0.5, 0.6) is 5.75 Å². The summed E-state index contributed by atoms with van der Waals surface area (Å²) in [4.78, 5) is 0. The number of rotatable bonds is 2. The Morgan fingerprint density at radius 2 is 1.62 bits per heavy atom. The fourth-order valence-electron chi connectivity index (χ4n) is 3.79. The van der Waals surface area contributed by atoms with Crippen LogP contribution in [0.3, 0.4) is 0 Å². The van der Waals surface area contributed by atoms with Gasteiger partial charge in [0.05, 0.1) is 11.8 Å². The Kier molecular flexibility index (Phi) is 3.52. The van der Waals surface area contributed by atoms with E-state index in [9.17, 15) is 0 Å². The number of fused-ring (bicyclic) bond motifs is 3. The Bertz CT molecular complexity index is 963. The molecular weight excluding hydrogens is 320 g/mol. The molecule has 3 heteroatoms. The SMILES string of the molecule is Cc1ccc([C@H]2Oc3ccccc3[C@H]3CC(c4ccccc4)=NN32)cc1. The molecule has 0 aromatic heterocycles. The van der Waals surface area contributed by atoms with Crippen molar-refractivity contribution in [1.82, 2.24) is 5.01 Å². The van der Waals surface area contributed by atoms with Crippen molar-refractivity contribution in [1.29, 1.82) is 0 Å². The maximum Gasteiger partial charge on any atom is 0.213 e. The average Bonchev–Trinajstić information content (AvgIpc) is 3.14. The fourth-order valence-corrected chi connectivity index (χ4v) is 3.79. The van der Waals surface area contributed by atoms with Gasteiger partial charge < -0.3 is 4.74 Å². The van der Waals surface area contributed by atoms with Gasteiger partial charge in [-0.1, -0.05) is 78.4 Å². The van der Waals surface area contributed by atoms with E-state index in [1.807, 2.05) is 12.1 Å². The smallest absolute Gasteiger partial charge is 0.213 e. The number of hydrogen-bond acceptors (Lipinski definition) is 3. The Morgan fingerprint density at radius 3 is 2.42 bits per heavy atom. The molecule has 2 heterocycles. The van der Waals surface area contributed by atoms with Gasteiger partial charge in [-0.05, 0) is 18.6 Å². The summed E-state index contributed by atoms with van der Waals surface area (Å²) in [6.45, 7) is 2.10. The number of nitrogens with zero attached hydrogens (tertiary/aromatic N) is 2. The van der Waals surface area contributed by atoms with Crippen molar-refractivity contribution < 1.29 is 4.74 Å². The molecule has 0 radical (unpaired) electrons. The van der Waals surface area contributed by atoms with E-state index in [1.165, 1.54) is 16.7 Å². The summed E-state index contributed by atoms with van der Waals surface area (Å²) in [6, 6.07) is 27.5. The Labute approximate surface area is 153 Å². The largest absolute Gasteiger partial charge is 0.464 e. The Morgan fingerprint density at radius 1 is 0.885 bits per heavy atom. The number of aryl methyl sites for hydroxylation is 1. The standard InChI is InChI=1S/C23H20N2O/c1-16-11-13-18(14-12-16)23-25-21(19-9-5-6-10-22(19)26-23)15-20(24-25)17-7-3-2-4-8-17/h2-14,21,23H,15H2,1H3/t21-,23-/m1/s1. The van der Waals surface area contributed by atoms with Crippen molar-refractivity contribution in [3.8, 4) is 5.75 Å². The lowest BCUT2D eigenvalue weighted by atomic mass is 9.96. The van der Waals surface area contributed by atoms with Crippen molar-refractivity contribution in [2.45, 2.75) is 25.6 Å². The van der Waals surface area contributed by atoms with Gasteiger partial charge in [0.25, 0.3) is 0 Å². The minimum Gasteiger partial charge on any atom is -0.464 e. The minimum absolute atomic E-state index is 0.197. The van der Waals surface area contributed by atoms with Gasteiger partial charge in [0.1, 0.15) is 5.75 Å². The van der Waals surface area contributed by atoms with Crippen LogP contribution in [0.4, 0.5) is 0 Å². The number of ether oxygens (including phenoxy) is 1. The normalized spacial score (nSPS) is 20.8. The van der Waals surface area contributed by atoms with Gasteiger partial charge in [-0.3, -0.25) is 0 Å². The molecule has 3 nitrogen and oxygen atoms in total. The monoisotopic (exact) mass is 340 g/mol. The molecule has 0 bridgehead atoms. The van der Waals surface area contributed by atoms with E-state index in [2.05, 4.69) is 78.7 Å². The number of hydrazone groups is 1. The molecule has 3 aromatic carbocycles. The predicted molar refractivity (Wildman–Crippen MR) is 103 cm³/mol. The molecule has 0 saturated heterocycles. The molecule has 0 N–H and O–H groups in total. The molecule has 0 fully saturated rings. The Hall–Kier alpha value is -3.07. The molecule has 2 aliphatic heterocycles. The lowest BCUT2D eigenvalue weighted by molar-refractivity contribution is -0.0190. The van der Waals surface area contributed by atoms with Crippen LogP contribution in [-0.2, 0) is 0 Å². The lowest BCUT2D eigenvalue weighted by Crippen LogP contribution is -2.33. The fraction of sp³-hybridized carbons (Fsp3) is 0.174. The molecule has 0 unspecified atom stereocenters. The third-order valence-electron chi connectivity index (χ3n) is 5.17. The van der Waals surface area contributed by atoms with Crippen LogP contribution >= 0.6 is 0 Å². The summed E-state index contributed by atoms with van der Waals surface area (Å²) in [5.41, 5.74) is 5.89. The van der Waals surface area contributed by atoms with E-state index >= 15 is 0 Å². The van der Waals surface area contributed by atoms with E-state index < -0.39 is 0 Å². The van der Waals surface area contributed by atoms with Gasteiger partial charge in [0.15, 0.2) is 0 Å². The highest BCUT2D eigenvalue weighted by Crippen LogP contribution is 2.47. The second kappa shape index (κ2) is 6.03. The summed E-state index contributed by atoms with van der Waals surface area (Å²) in [5.74, 6) is 0.962. The molecule has 0 spiro atoms. The molecule has 2 aliphatic rings. The molecule has 0 aliphatic carbocycles.